The van der Waals surface area contributed by atoms with Crippen molar-refractivity contribution in [3.8, 4) is 11.5 Å². The Kier molecular flexibility index (Phi) is 8.66. The highest BCUT2D eigenvalue weighted by Gasteiger charge is 2.85. The van der Waals surface area contributed by atoms with Crippen molar-refractivity contribution in [1.82, 2.24) is 0 Å². The molecular weight excluding hydrogens is 644 g/mol. The highest BCUT2D eigenvalue weighted by molar-refractivity contribution is 5.85. The van der Waals surface area contributed by atoms with Gasteiger partial charge in [-0.3, -0.25) is 0 Å². The number of hydrogen-bond donors (Lipinski definition) is 2. The van der Waals surface area contributed by atoms with Crippen LogP contribution in [0.1, 0.15) is 22.3 Å². The molecule has 2 atom stereocenters. The van der Waals surface area contributed by atoms with Gasteiger partial charge >= 0.3 is 24.2 Å². The van der Waals surface area contributed by atoms with Crippen molar-refractivity contribution in [2.75, 3.05) is 0 Å². The topological polar surface area (TPSA) is 40.5 Å². The number of allylic oxidation sites excluding steroid dienone is 1. The smallest absolute Gasteiger partial charge is 0.433 e. The summed E-state index contributed by atoms with van der Waals surface area (Å²) in [6.45, 7) is 0. The molecule has 4 aromatic carbocycles. The Labute approximate surface area is 252 Å². The number of aromatic hydroxyl groups is 2. The van der Waals surface area contributed by atoms with Crippen molar-refractivity contribution in [2.45, 2.75) is 35.5 Å². The third kappa shape index (κ3) is 5.43. The van der Waals surface area contributed by atoms with E-state index in [2.05, 4.69) is 0 Å². The van der Waals surface area contributed by atoms with Gasteiger partial charge < -0.3 is 10.2 Å². The molecule has 14 heteroatoms. The van der Waals surface area contributed by atoms with Crippen LogP contribution >= 0.6 is 0 Å². The lowest BCUT2D eigenvalue weighted by molar-refractivity contribution is -0.330. The van der Waals surface area contributed by atoms with E-state index in [0.717, 1.165) is 24.3 Å². The van der Waals surface area contributed by atoms with Gasteiger partial charge in [0.05, 0.1) is 0 Å². The molecule has 2 nitrogen and oxygen atoms in total. The van der Waals surface area contributed by atoms with E-state index in [9.17, 15) is 10.2 Å². The molecule has 0 amide bonds. The van der Waals surface area contributed by atoms with E-state index in [1.807, 2.05) is 0 Å². The zero-order valence-corrected chi connectivity index (χ0v) is 22.8. The van der Waals surface area contributed by atoms with Gasteiger partial charge in [0.15, 0.2) is 0 Å². The molecule has 46 heavy (non-hydrogen) atoms. The minimum atomic E-state index is -7.22. The van der Waals surface area contributed by atoms with E-state index < -0.39 is 80.4 Å². The summed E-state index contributed by atoms with van der Waals surface area (Å²) >= 11 is 0. The first-order valence-electron chi connectivity index (χ1n) is 12.9. The summed E-state index contributed by atoms with van der Waals surface area (Å²) in [5.41, 5.74) is -25.3. The lowest BCUT2D eigenvalue weighted by Gasteiger charge is -2.46. The van der Waals surface area contributed by atoms with Crippen LogP contribution in [0.4, 0.5) is 52.7 Å². The van der Waals surface area contributed by atoms with Crippen molar-refractivity contribution in [1.29, 1.82) is 0 Å². The highest BCUT2D eigenvalue weighted by atomic mass is 19.4. The van der Waals surface area contributed by atoms with E-state index in [1.54, 1.807) is 0 Å². The number of halogens is 12. The summed E-state index contributed by atoms with van der Waals surface area (Å²) in [6.07, 6.45) is -14.4. The fraction of sp³-hybridized carbons (Fsp3) is 0.188. The third-order valence-electron chi connectivity index (χ3n) is 7.17. The van der Waals surface area contributed by atoms with Crippen LogP contribution in [0.2, 0.25) is 0 Å². The fourth-order valence-corrected chi connectivity index (χ4v) is 4.94. The number of rotatable bonds is 8. The second-order valence-corrected chi connectivity index (χ2v) is 10.0. The Morgan fingerprint density at radius 1 is 0.391 bits per heavy atom. The molecule has 0 aliphatic rings. The average molecular weight is 664 g/mol. The first kappa shape index (κ1) is 34.3. The molecule has 0 aliphatic heterocycles. The lowest BCUT2D eigenvalue weighted by atomic mass is 9.68. The van der Waals surface area contributed by atoms with Crippen molar-refractivity contribution >= 4 is 5.57 Å². The minimum absolute atomic E-state index is 0.0172. The van der Waals surface area contributed by atoms with Crippen molar-refractivity contribution in [3.63, 3.8) is 0 Å². The first-order chi connectivity index (χ1) is 21.2. The number of phenols is 2. The van der Waals surface area contributed by atoms with Crippen LogP contribution in [0.5, 0.6) is 11.5 Å². The molecule has 0 fully saturated rings. The van der Waals surface area contributed by atoms with E-state index in [4.69, 9.17) is 0 Å². The van der Waals surface area contributed by atoms with E-state index >= 15 is 52.7 Å². The molecule has 4 rings (SSSR count). The SMILES string of the molecule is Oc1ccc(C(F)(F)C(F)(C(=C(c2ccccc2)c2ccccc2)C(F)(C(F)(F)F)C(F)(F)c2ccc(O)cc2)C(F)(F)F)cc1. The Morgan fingerprint density at radius 2 is 0.674 bits per heavy atom. The quantitative estimate of drug-likeness (QED) is 0.184. The van der Waals surface area contributed by atoms with Gasteiger partial charge in [0, 0.05) is 16.7 Å². The average Bonchev–Trinajstić information content (AvgIpc) is 2.99. The molecule has 2 N–H and O–H groups in total. The van der Waals surface area contributed by atoms with Crippen LogP contribution < -0.4 is 0 Å². The summed E-state index contributed by atoms with van der Waals surface area (Å²) in [6, 6.07) is 10.4. The summed E-state index contributed by atoms with van der Waals surface area (Å²) < 4.78 is 189. The molecule has 0 heterocycles. The zero-order valence-electron chi connectivity index (χ0n) is 22.8. The molecular formula is C32H20F12O2. The van der Waals surface area contributed by atoms with Gasteiger partial charge in [-0.05, 0) is 65.2 Å². The minimum Gasteiger partial charge on any atom is -0.508 e. The molecule has 4 aromatic rings. The molecule has 244 valence electrons. The van der Waals surface area contributed by atoms with Crippen LogP contribution in [-0.2, 0) is 11.8 Å². The molecule has 0 saturated carbocycles. The van der Waals surface area contributed by atoms with Crippen LogP contribution in [-0.4, -0.2) is 33.9 Å². The highest BCUT2D eigenvalue weighted by Crippen LogP contribution is 2.66. The summed E-state index contributed by atoms with van der Waals surface area (Å²) in [5, 5.41) is 18.9. The maximum atomic E-state index is 17.2. The predicted octanol–water partition coefficient (Wildman–Crippen LogP) is 10.0. The summed E-state index contributed by atoms with van der Waals surface area (Å²) in [7, 11) is 0. The molecule has 0 spiro atoms. The Hall–Kier alpha value is -4.62. The maximum Gasteiger partial charge on any atom is 0.433 e. The van der Waals surface area contributed by atoms with Crippen molar-refractivity contribution < 1.29 is 62.9 Å². The molecule has 2 unspecified atom stereocenters. The molecule has 0 aliphatic carbocycles. The van der Waals surface area contributed by atoms with Crippen LogP contribution in [0.15, 0.2) is 115 Å². The number of hydrogen-bond acceptors (Lipinski definition) is 2. The zero-order chi connectivity index (χ0) is 34.3. The maximum absolute atomic E-state index is 17.2. The molecule has 0 aromatic heterocycles. The van der Waals surface area contributed by atoms with Crippen molar-refractivity contribution in [3.05, 3.63) is 137 Å². The second-order valence-electron chi connectivity index (χ2n) is 10.0. The van der Waals surface area contributed by atoms with Gasteiger partial charge in [-0.25, -0.2) is 8.78 Å². The second kappa shape index (κ2) is 11.6. The number of phenolic OH excluding ortho intramolecular Hbond substituents is 2. The monoisotopic (exact) mass is 664 g/mol. The third-order valence-corrected chi connectivity index (χ3v) is 7.17. The Bertz CT molecular complexity index is 1560. The Morgan fingerprint density at radius 3 is 0.935 bits per heavy atom. The van der Waals surface area contributed by atoms with Gasteiger partial charge in [0.25, 0.3) is 11.3 Å². The normalized spacial score (nSPS) is 15.5. The number of benzene rings is 4. The van der Waals surface area contributed by atoms with Crippen LogP contribution in [0, 0.1) is 0 Å². The number of alkyl halides is 12. The fourth-order valence-electron chi connectivity index (χ4n) is 4.94. The standard InChI is InChI=1S/C32H20F12O2/c33-27(31(39,40)41,29(35,36)21-11-15-23(45)16-12-21)26(25(19-7-3-1-4-8-19)20-9-5-2-6-10-20)28(34,32(42,43)44)30(37,38)22-13-17-24(46)18-14-22/h1-18,45-46H. The van der Waals surface area contributed by atoms with E-state index in [1.165, 1.54) is 12.1 Å². The van der Waals surface area contributed by atoms with Gasteiger partial charge in [-0.15, -0.1) is 0 Å². The van der Waals surface area contributed by atoms with Gasteiger partial charge in [-0.2, -0.15) is 43.9 Å². The van der Waals surface area contributed by atoms with Gasteiger partial charge in [0.1, 0.15) is 11.5 Å². The lowest BCUT2D eigenvalue weighted by Crippen LogP contribution is -2.66. The molecule has 0 bridgehead atoms. The molecule has 0 saturated heterocycles. The van der Waals surface area contributed by atoms with E-state index in [-0.39, 0.29) is 24.3 Å². The van der Waals surface area contributed by atoms with Gasteiger partial charge in [-0.1, -0.05) is 60.7 Å². The summed E-state index contributed by atoms with van der Waals surface area (Å²) in [4.78, 5) is 0. The largest absolute Gasteiger partial charge is 0.508 e. The van der Waals surface area contributed by atoms with Gasteiger partial charge in [0.2, 0.25) is 0 Å². The first-order valence-corrected chi connectivity index (χ1v) is 12.9. The van der Waals surface area contributed by atoms with E-state index in [0.29, 0.717) is 48.5 Å². The van der Waals surface area contributed by atoms with Crippen LogP contribution in [0.25, 0.3) is 5.57 Å². The predicted molar refractivity (Wildman–Crippen MR) is 143 cm³/mol. The van der Waals surface area contributed by atoms with Crippen molar-refractivity contribution in [2.24, 2.45) is 0 Å². The Balaban J connectivity index is 2.37. The summed E-state index contributed by atoms with van der Waals surface area (Å²) in [5.74, 6) is -14.2. The molecule has 0 radical (unpaired) electrons. The van der Waals surface area contributed by atoms with Crippen LogP contribution in [0.3, 0.4) is 0 Å².